The molecule has 0 saturated carbocycles. The number of carbonyl (C=O) groups excluding carboxylic acids is 1. The summed E-state index contributed by atoms with van der Waals surface area (Å²) < 4.78 is 10.2. The van der Waals surface area contributed by atoms with E-state index in [1.54, 1.807) is 0 Å². The predicted octanol–water partition coefficient (Wildman–Crippen LogP) is 1.79. The molecule has 0 aliphatic carbocycles. The van der Waals surface area contributed by atoms with Crippen molar-refractivity contribution in [1.29, 1.82) is 0 Å². The Bertz CT molecular complexity index is 435. The molecule has 0 fully saturated rings. The van der Waals surface area contributed by atoms with Crippen molar-refractivity contribution in [3.8, 4) is 5.88 Å². The van der Waals surface area contributed by atoms with Crippen LogP contribution in [0.2, 0.25) is 0 Å². The molecule has 106 valence electrons. The first-order valence-corrected chi connectivity index (χ1v) is 6.30. The van der Waals surface area contributed by atoms with Gasteiger partial charge in [-0.05, 0) is 19.8 Å². The van der Waals surface area contributed by atoms with E-state index in [1.165, 1.54) is 13.4 Å². The number of anilines is 1. The molecule has 0 radical (unpaired) electrons. The largest absolute Gasteiger partial charge is 0.478 e. The molecule has 0 aliphatic rings. The fraction of sp³-hybridized carbons (Fsp3) is 0.615. The molecule has 0 bridgehead atoms. The highest BCUT2D eigenvalue weighted by atomic mass is 16.5. The number of carbonyl (C=O) groups is 1. The normalized spacial score (nSPS) is 12.1. The van der Waals surface area contributed by atoms with Crippen molar-refractivity contribution in [2.75, 3.05) is 19.0 Å². The zero-order chi connectivity index (χ0) is 14.4. The maximum Gasteiger partial charge on any atom is 0.328 e. The lowest BCUT2D eigenvalue weighted by Gasteiger charge is -2.21. The third-order valence-corrected chi connectivity index (χ3v) is 2.73. The highest BCUT2D eigenvalue weighted by Gasteiger charge is 2.24. The average Bonchev–Trinajstić information content (AvgIpc) is 2.38. The van der Waals surface area contributed by atoms with Crippen molar-refractivity contribution < 1.29 is 14.3 Å². The third kappa shape index (κ3) is 3.81. The topological polar surface area (TPSA) is 73.3 Å². The van der Waals surface area contributed by atoms with Crippen molar-refractivity contribution in [1.82, 2.24) is 9.97 Å². The molecule has 0 spiro atoms. The summed E-state index contributed by atoms with van der Waals surface area (Å²) in [5.74, 6) is 0.873. The number of ether oxygens (including phenoxy) is 2. The number of methoxy groups -OCH3 is 1. The van der Waals surface area contributed by atoms with Crippen molar-refractivity contribution in [2.45, 2.75) is 33.7 Å². The van der Waals surface area contributed by atoms with E-state index in [9.17, 15) is 4.79 Å². The van der Waals surface area contributed by atoms with Gasteiger partial charge in [-0.3, -0.25) is 0 Å². The van der Waals surface area contributed by atoms with E-state index >= 15 is 0 Å². The van der Waals surface area contributed by atoms with Crippen LogP contribution in [0.5, 0.6) is 5.88 Å². The second-order valence-corrected chi connectivity index (χ2v) is 4.47. The predicted molar refractivity (Wildman–Crippen MR) is 72.2 cm³/mol. The van der Waals surface area contributed by atoms with Crippen LogP contribution >= 0.6 is 0 Å². The Labute approximate surface area is 113 Å². The van der Waals surface area contributed by atoms with Gasteiger partial charge in [0.25, 0.3) is 0 Å². The lowest BCUT2D eigenvalue weighted by Crippen LogP contribution is -2.36. The number of nitrogens with zero attached hydrogens (tertiary/aromatic N) is 2. The van der Waals surface area contributed by atoms with E-state index in [1.807, 2.05) is 27.7 Å². The van der Waals surface area contributed by atoms with E-state index in [-0.39, 0.29) is 11.9 Å². The van der Waals surface area contributed by atoms with Crippen molar-refractivity contribution in [2.24, 2.45) is 5.92 Å². The number of hydrogen-bond donors (Lipinski definition) is 1. The van der Waals surface area contributed by atoms with Gasteiger partial charge in [-0.25, -0.2) is 14.8 Å². The van der Waals surface area contributed by atoms with Gasteiger partial charge >= 0.3 is 5.97 Å². The molecule has 0 saturated heterocycles. The number of esters is 1. The summed E-state index contributed by atoms with van der Waals surface area (Å²) in [5, 5.41) is 3.09. The second kappa shape index (κ2) is 6.92. The Hall–Kier alpha value is -1.85. The summed E-state index contributed by atoms with van der Waals surface area (Å²) in [6, 6.07) is -0.451. The van der Waals surface area contributed by atoms with Gasteiger partial charge in [0.15, 0.2) is 0 Å². The van der Waals surface area contributed by atoms with Crippen LogP contribution in [0, 0.1) is 12.8 Å². The van der Waals surface area contributed by atoms with Gasteiger partial charge in [0.1, 0.15) is 18.2 Å². The summed E-state index contributed by atoms with van der Waals surface area (Å²) in [5.41, 5.74) is 0.777. The van der Waals surface area contributed by atoms with Crippen molar-refractivity contribution >= 4 is 11.8 Å². The van der Waals surface area contributed by atoms with Gasteiger partial charge in [0.2, 0.25) is 5.88 Å². The van der Waals surface area contributed by atoms with E-state index in [0.29, 0.717) is 18.3 Å². The zero-order valence-electron chi connectivity index (χ0n) is 12.1. The molecule has 19 heavy (non-hydrogen) atoms. The Morgan fingerprint density at radius 3 is 2.63 bits per heavy atom. The van der Waals surface area contributed by atoms with E-state index in [0.717, 1.165) is 5.56 Å². The molecule has 0 amide bonds. The van der Waals surface area contributed by atoms with Gasteiger partial charge in [0.05, 0.1) is 19.3 Å². The van der Waals surface area contributed by atoms with Crippen LogP contribution in [-0.2, 0) is 9.53 Å². The Balaban J connectivity index is 2.96. The molecule has 0 aliphatic heterocycles. The minimum Gasteiger partial charge on any atom is -0.478 e. The van der Waals surface area contributed by atoms with Crippen LogP contribution < -0.4 is 10.1 Å². The first-order valence-electron chi connectivity index (χ1n) is 6.30. The molecule has 1 rings (SSSR count). The number of aromatic nitrogens is 2. The fourth-order valence-electron chi connectivity index (χ4n) is 1.63. The Morgan fingerprint density at radius 1 is 1.42 bits per heavy atom. The molecule has 1 atom stereocenters. The number of hydrogen-bond acceptors (Lipinski definition) is 6. The maximum absolute atomic E-state index is 11.7. The molecule has 1 N–H and O–H groups in total. The summed E-state index contributed by atoms with van der Waals surface area (Å²) >= 11 is 0. The number of nitrogens with one attached hydrogen (secondary N) is 1. The molecule has 6 nitrogen and oxygen atoms in total. The maximum atomic E-state index is 11.7. The molecule has 6 heteroatoms. The molecule has 1 unspecified atom stereocenters. The summed E-state index contributed by atoms with van der Waals surface area (Å²) in [6.45, 7) is 8.15. The Kier molecular flexibility index (Phi) is 5.54. The van der Waals surface area contributed by atoms with Crippen molar-refractivity contribution in [3.63, 3.8) is 0 Å². The standard InChI is InChI=1S/C13H21N3O3/c1-6-19-12-9(4)11(14-7-15-12)16-10(8(2)3)13(17)18-5/h7-8,10H,6H2,1-5H3,(H,14,15,16). The SMILES string of the molecule is CCOc1ncnc(NC(C(=O)OC)C(C)C)c1C. The third-order valence-electron chi connectivity index (χ3n) is 2.73. The van der Waals surface area contributed by atoms with Gasteiger partial charge in [0, 0.05) is 0 Å². The molecule has 1 aromatic heterocycles. The molecule has 0 aromatic carbocycles. The monoisotopic (exact) mass is 267 g/mol. The minimum absolute atomic E-state index is 0.0809. The van der Waals surface area contributed by atoms with E-state index < -0.39 is 6.04 Å². The summed E-state index contributed by atoms with van der Waals surface area (Å²) in [4.78, 5) is 19.9. The lowest BCUT2D eigenvalue weighted by molar-refractivity contribution is -0.142. The van der Waals surface area contributed by atoms with Crippen molar-refractivity contribution in [3.05, 3.63) is 11.9 Å². The lowest BCUT2D eigenvalue weighted by atomic mass is 10.0. The first kappa shape index (κ1) is 15.2. The number of rotatable bonds is 6. The Morgan fingerprint density at radius 2 is 2.11 bits per heavy atom. The van der Waals surface area contributed by atoms with E-state index in [2.05, 4.69) is 15.3 Å². The van der Waals surface area contributed by atoms with Gasteiger partial charge in [-0.2, -0.15) is 0 Å². The van der Waals surface area contributed by atoms with Gasteiger partial charge in [-0.15, -0.1) is 0 Å². The van der Waals surface area contributed by atoms with Crippen LogP contribution in [0.3, 0.4) is 0 Å². The minimum atomic E-state index is -0.451. The van der Waals surface area contributed by atoms with Crippen LogP contribution in [0.4, 0.5) is 5.82 Å². The molecule has 1 heterocycles. The smallest absolute Gasteiger partial charge is 0.328 e. The fourth-order valence-corrected chi connectivity index (χ4v) is 1.63. The second-order valence-electron chi connectivity index (χ2n) is 4.47. The molecular formula is C13H21N3O3. The first-order chi connectivity index (χ1) is 9.01. The summed E-state index contributed by atoms with van der Waals surface area (Å²) in [6.07, 6.45) is 1.41. The average molecular weight is 267 g/mol. The van der Waals surface area contributed by atoms with Crippen LogP contribution in [0.15, 0.2) is 6.33 Å². The van der Waals surface area contributed by atoms with Crippen LogP contribution in [0.25, 0.3) is 0 Å². The summed E-state index contributed by atoms with van der Waals surface area (Å²) in [7, 11) is 1.37. The highest BCUT2D eigenvalue weighted by molar-refractivity contribution is 5.79. The van der Waals surface area contributed by atoms with Gasteiger partial charge in [-0.1, -0.05) is 13.8 Å². The quantitative estimate of drug-likeness (QED) is 0.792. The highest BCUT2D eigenvalue weighted by Crippen LogP contribution is 2.22. The van der Waals surface area contributed by atoms with Crippen LogP contribution in [0.1, 0.15) is 26.3 Å². The zero-order valence-corrected chi connectivity index (χ0v) is 12.1. The molecular weight excluding hydrogens is 246 g/mol. The van der Waals surface area contributed by atoms with Gasteiger partial charge < -0.3 is 14.8 Å². The van der Waals surface area contributed by atoms with Crippen LogP contribution in [-0.4, -0.2) is 35.7 Å². The van der Waals surface area contributed by atoms with E-state index in [4.69, 9.17) is 9.47 Å². The molecule has 1 aromatic rings.